The summed E-state index contributed by atoms with van der Waals surface area (Å²) in [5, 5.41) is 3.15. The number of rotatable bonds is 5. The van der Waals surface area contributed by atoms with Gasteiger partial charge in [-0.3, -0.25) is 4.79 Å². The first-order valence-corrected chi connectivity index (χ1v) is 9.96. The van der Waals surface area contributed by atoms with Gasteiger partial charge in [-0.15, -0.1) is 0 Å². The minimum atomic E-state index is 0.0363. The van der Waals surface area contributed by atoms with Crippen molar-refractivity contribution in [2.24, 2.45) is 17.3 Å². The molecule has 1 amide bonds. The summed E-state index contributed by atoms with van der Waals surface area (Å²) in [7, 11) is 0. The summed E-state index contributed by atoms with van der Waals surface area (Å²) in [6.07, 6.45) is 5.96. The Morgan fingerprint density at radius 2 is 2.04 bits per heavy atom. The minimum Gasteiger partial charge on any atom is -0.378 e. The topological polar surface area (TPSA) is 41.6 Å². The highest BCUT2D eigenvalue weighted by molar-refractivity contribution is 5.99. The molecule has 1 N–H and O–H groups in total. The van der Waals surface area contributed by atoms with Crippen LogP contribution in [0.25, 0.3) is 0 Å². The van der Waals surface area contributed by atoms with E-state index in [-0.39, 0.29) is 5.91 Å². The van der Waals surface area contributed by atoms with Crippen molar-refractivity contribution >= 4 is 11.6 Å². The molecule has 2 atom stereocenters. The fourth-order valence-corrected chi connectivity index (χ4v) is 4.92. The lowest BCUT2D eigenvalue weighted by Gasteiger charge is -2.56. The number of nitrogens with one attached hydrogen (secondary N) is 1. The van der Waals surface area contributed by atoms with E-state index in [1.165, 1.54) is 12.8 Å². The van der Waals surface area contributed by atoms with Gasteiger partial charge in [0, 0.05) is 25.3 Å². The molecular weight excluding hydrogens is 324 g/mol. The van der Waals surface area contributed by atoms with Gasteiger partial charge in [-0.1, -0.05) is 37.6 Å². The van der Waals surface area contributed by atoms with E-state index in [0.717, 1.165) is 62.4 Å². The molecule has 1 aromatic rings. The number of benzene rings is 1. The third-order valence-electron chi connectivity index (χ3n) is 6.78. The van der Waals surface area contributed by atoms with E-state index >= 15 is 0 Å². The van der Waals surface area contributed by atoms with Crippen LogP contribution in [0.5, 0.6) is 0 Å². The van der Waals surface area contributed by atoms with Crippen LogP contribution < -0.4 is 10.2 Å². The molecule has 1 heterocycles. The quantitative estimate of drug-likeness (QED) is 0.821. The number of hydrogen-bond donors (Lipinski definition) is 1. The van der Waals surface area contributed by atoms with Gasteiger partial charge in [-0.2, -0.15) is 0 Å². The molecule has 4 nitrogen and oxygen atoms in total. The number of para-hydroxylation sites is 1. The Balaban J connectivity index is 1.36. The summed E-state index contributed by atoms with van der Waals surface area (Å²) in [5.41, 5.74) is 3.81. The van der Waals surface area contributed by atoms with E-state index < -0.39 is 0 Å². The van der Waals surface area contributed by atoms with Gasteiger partial charge in [0.05, 0.1) is 18.8 Å². The number of allylic oxidation sites excluding steroid dienone is 1. The van der Waals surface area contributed by atoms with E-state index in [1.54, 1.807) is 5.57 Å². The summed E-state index contributed by atoms with van der Waals surface area (Å²) in [6, 6.07) is 7.92. The Hall–Kier alpha value is -1.81. The van der Waals surface area contributed by atoms with Crippen molar-refractivity contribution < 1.29 is 9.53 Å². The van der Waals surface area contributed by atoms with Crippen LogP contribution in [-0.2, 0) is 4.74 Å². The Kier molecular flexibility index (Phi) is 4.78. The van der Waals surface area contributed by atoms with Crippen LogP contribution in [-0.4, -0.2) is 38.8 Å². The van der Waals surface area contributed by atoms with Crippen LogP contribution in [0.1, 0.15) is 43.5 Å². The van der Waals surface area contributed by atoms with Gasteiger partial charge in [-0.25, -0.2) is 0 Å². The van der Waals surface area contributed by atoms with Crippen molar-refractivity contribution in [2.75, 3.05) is 37.7 Å². The van der Waals surface area contributed by atoms with Crippen LogP contribution in [0, 0.1) is 17.3 Å². The van der Waals surface area contributed by atoms with Crippen molar-refractivity contribution in [3.05, 3.63) is 41.5 Å². The van der Waals surface area contributed by atoms with E-state index in [9.17, 15) is 4.79 Å². The Bertz CT molecular complexity index is 704. The van der Waals surface area contributed by atoms with Gasteiger partial charge in [0.2, 0.25) is 0 Å². The number of carbonyl (C=O) groups excluding carboxylic acids is 1. The molecule has 1 aromatic carbocycles. The summed E-state index contributed by atoms with van der Waals surface area (Å²) in [6.45, 7) is 8.65. The summed E-state index contributed by atoms with van der Waals surface area (Å²) < 4.78 is 5.44. The van der Waals surface area contributed by atoms with Crippen LogP contribution in [0.15, 0.2) is 35.9 Å². The van der Waals surface area contributed by atoms with Crippen molar-refractivity contribution in [1.29, 1.82) is 0 Å². The molecule has 3 aliphatic carbocycles. The van der Waals surface area contributed by atoms with Crippen molar-refractivity contribution in [3.63, 3.8) is 0 Å². The number of fused-ring (bicyclic) bond motifs is 1. The van der Waals surface area contributed by atoms with Crippen molar-refractivity contribution in [2.45, 2.75) is 33.1 Å². The third-order valence-corrected chi connectivity index (χ3v) is 6.78. The fourth-order valence-electron chi connectivity index (χ4n) is 4.92. The number of morpholine rings is 1. The molecule has 0 aromatic heterocycles. The molecule has 140 valence electrons. The lowest BCUT2D eigenvalue weighted by Crippen LogP contribution is -2.48. The molecule has 4 aliphatic rings. The molecule has 5 rings (SSSR count). The lowest BCUT2D eigenvalue weighted by atomic mass is 9.48. The van der Waals surface area contributed by atoms with Crippen LogP contribution >= 0.6 is 0 Å². The fraction of sp³-hybridized carbons (Fsp3) is 0.591. The van der Waals surface area contributed by atoms with Gasteiger partial charge in [0.15, 0.2) is 0 Å². The van der Waals surface area contributed by atoms with E-state index in [1.807, 2.05) is 24.3 Å². The summed E-state index contributed by atoms with van der Waals surface area (Å²) in [5.74, 6) is 1.62. The number of ether oxygens (including phenoxy) is 1. The molecule has 1 saturated carbocycles. The standard InChI is InChI=1S/C22H30N2O2/c1-22(2)17-8-7-16(19(22)15-17)9-10-23-21(25)18-5-3-4-6-20(18)24-11-13-26-14-12-24/h3-7,17,19H,8-15H2,1-2H3,(H,23,25)/t17-,19-/m0/s1. The zero-order valence-electron chi connectivity index (χ0n) is 16.0. The SMILES string of the molecule is CC1(C)[C@H]2CC=C(CCNC(=O)c3ccccc3N3CCOCC3)[C@@H]1C2. The molecule has 2 bridgehead atoms. The second-order valence-electron chi connectivity index (χ2n) is 8.44. The minimum absolute atomic E-state index is 0.0363. The Labute approximate surface area is 156 Å². The highest BCUT2D eigenvalue weighted by atomic mass is 16.5. The van der Waals surface area contributed by atoms with Crippen molar-refractivity contribution in [3.8, 4) is 0 Å². The zero-order chi connectivity index (χ0) is 18.1. The molecule has 1 saturated heterocycles. The first-order valence-electron chi connectivity index (χ1n) is 9.96. The van der Waals surface area contributed by atoms with Gasteiger partial charge >= 0.3 is 0 Å². The molecule has 0 unspecified atom stereocenters. The maximum absolute atomic E-state index is 12.8. The summed E-state index contributed by atoms with van der Waals surface area (Å²) >= 11 is 0. The first kappa shape index (κ1) is 17.6. The highest BCUT2D eigenvalue weighted by Gasteiger charge is 2.50. The third kappa shape index (κ3) is 3.16. The number of carbonyl (C=O) groups is 1. The average molecular weight is 354 g/mol. The highest BCUT2D eigenvalue weighted by Crippen LogP contribution is 2.59. The molecule has 26 heavy (non-hydrogen) atoms. The second-order valence-corrected chi connectivity index (χ2v) is 8.44. The van der Waals surface area contributed by atoms with E-state index in [0.29, 0.717) is 5.41 Å². The van der Waals surface area contributed by atoms with E-state index in [4.69, 9.17) is 4.74 Å². The predicted octanol–water partition coefficient (Wildman–Crippen LogP) is 3.64. The van der Waals surface area contributed by atoms with Crippen LogP contribution in [0.4, 0.5) is 5.69 Å². The Morgan fingerprint density at radius 1 is 1.27 bits per heavy atom. The van der Waals surface area contributed by atoms with Gasteiger partial charge in [0.1, 0.15) is 0 Å². The molecule has 4 heteroatoms. The largest absolute Gasteiger partial charge is 0.378 e. The number of amides is 1. The van der Waals surface area contributed by atoms with Gasteiger partial charge in [-0.05, 0) is 48.6 Å². The number of nitrogens with zero attached hydrogens (tertiary/aromatic N) is 1. The molecular formula is C22H30N2O2. The number of anilines is 1. The predicted molar refractivity (Wildman–Crippen MR) is 105 cm³/mol. The van der Waals surface area contributed by atoms with Crippen LogP contribution in [0.2, 0.25) is 0 Å². The Morgan fingerprint density at radius 3 is 2.77 bits per heavy atom. The smallest absolute Gasteiger partial charge is 0.253 e. The maximum Gasteiger partial charge on any atom is 0.253 e. The second kappa shape index (κ2) is 7.07. The number of hydrogen-bond acceptors (Lipinski definition) is 3. The molecule has 0 radical (unpaired) electrons. The van der Waals surface area contributed by atoms with E-state index in [2.05, 4.69) is 30.1 Å². The molecule has 1 aliphatic heterocycles. The average Bonchev–Trinajstić information content (AvgIpc) is 2.68. The molecule has 0 spiro atoms. The van der Waals surface area contributed by atoms with Gasteiger partial charge in [0.25, 0.3) is 5.91 Å². The first-order chi connectivity index (χ1) is 12.6. The van der Waals surface area contributed by atoms with Crippen LogP contribution in [0.3, 0.4) is 0 Å². The lowest BCUT2D eigenvalue weighted by molar-refractivity contribution is -0.00811. The monoisotopic (exact) mass is 354 g/mol. The zero-order valence-corrected chi connectivity index (χ0v) is 16.0. The molecule has 2 fully saturated rings. The maximum atomic E-state index is 12.8. The van der Waals surface area contributed by atoms with Crippen molar-refractivity contribution in [1.82, 2.24) is 5.32 Å². The van der Waals surface area contributed by atoms with Gasteiger partial charge < -0.3 is 15.0 Å². The normalized spacial score (nSPS) is 26.7. The summed E-state index contributed by atoms with van der Waals surface area (Å²) in [4.78, 5) is 15.0.